The Kier molecular flexibility index (Phi) is 12.1. The molecule has 0 aliphatic heterocycles. The molecule has 0 aliphatic carbocycles. The molecule has 0 bridgehead atoms. The lowest BCUT2D eigenvalue weighted by Gasteiger charge is -2.04. The fourth-order valence-electron chi connectivity index (χ4n) is 1.61. The number of aliphatic hydroxyl groups excluding tert-OH is 1. The zero-order valence-corrected chi connectivity index (χ0v) is 10.2. The smallest absolute Gasteiger partial charge is 0.123 e. The van der Waals surface area contributed by atoms with Gasteiger partial charge in [0, 0.05) is 0 Å². The predicted molar refractivity (Wildman–Crippen MR) is 65.1 cm³/mol. The van der Waals surface area contributed by atoms with Crippen LogP contribution in [0.4, 0.5) is 4.39 Å². The summed E-state index contributed by atoms with van der Waals surface area (Å²) >= 11 is 0. The molecular formula is C13H25FO2. The Bertz CT molecular complexity index is 151. The normalized spacial score (nSPS) is 12.4. The van der Waals surface area contributed by atoms with E-state index in [1.807, 2.05) is 0 Å². The quantitative estimate of drug-likeness (QED) is 0.411. The van der Waals surface area contributed by atoms with Crippen LogP contribution >= 0.6 is 0 Å². The lowest BCUT2D eigenvalue weighted by atomic mass is 10.1. The van der Waals surface area contributed by atoms with Gasteiger partial charge in [-0.15, -0.1) is 0 Å². The van der Waals surface area contributed by atoms with E-state index in [1.165, 1.54) is 31.9 Å². The molecule has 0 saturated carbocycles. The fourth-order valence-corrected chi connectivity index (χ4v) is 1.61. The first kappa shape index (κ1) is 15.4. The highest BCUT2D eigenvalue weighted by molar-refractivity contribution is 4.54. The molecule has 0 rings (SSSR count). The highest BCUT2D eigenvalue weighted by Gasteiger charge is 2.02. The van der Waals surface area contributed by atoms with E-state index in [1.54, 1.807) is 0 Å². The molecule has 2 nitrogen and oxygen atoms in total. The molecule has 0 saturated heterocycles. The monoisotopic (exact) mass is 232 g/mol. The molecule has 0 radical (unpaired) electrons. The van der Waals surface area contributed by atoms with Gasteiger partial charge in [0.05, 0.1) is 19.5 Å². The molecule has 96 valence electrons. The number of alkyl halides is 1. The van der Waals surface area contributed by atoms with Crippen LogP contribution in [0.2, 0.25) is 0 Å². The van der Waals surface area contributed by atoms with Crippen molar-refractivity contribution in [3.8, 4) is 0 Å². The van der Waals surface area contributed by atoms with Crippen molar-refractivity contribution in [1.82, 2.24) is 0 Å². The standard InChI is InChI=1S/C13H25FO2/c1-2-16-11-9-7-5-3-4-6-8-10-13(14)12-15/h2,13,15H,1,3-12H2. The van der Waals surface area contributed by atoms with E-state index < -0.39 is 6.17 Å². The van der Waals surface area contributed by atoms with Crippen LogP contribution in [0.15, 0.2) is 12.8 Å². The summed E-state index contributed by atoms with van der Waals surface area (Å²) in [5, 5.41) is 8.48. The number of halogens is 1. The third-order valence-corrected chi connectivity index (χ3v) is 2.60. The summed E-state index contributed by atoms with van der Waals surface area (Å²) in [4.78, 5) is 0. The largest absolute Gasteiger partial charge is 0.502 e. The molecule has 3 heteroatoms. The van der Waals surface area contributed by atoms with Gasteiger partial charge in [0.2, 0.25) is 0 Å². The SMILES string of the molecule is C=COCCCCCCCCCC(F)CO. The molecule has 1 N–H and O–H groups in total. The predicted octanol–water partition coefficient (Wildman–Crippen LogP) is 3.60. The number of hydrogen-bond acceptors (Lipinski definition) is 2. The molecule has 0 heterocycles. The number of ether oxygens (including phenoxy) is 1. The van der Waals surface area contributed by atoms with E-state index in [9.17, 15) is 4.39 Å². The van der Waals surface area contributed by atoms with Gasteiger partial charge in [-0.2, -0.15) is 0 Å². The topological polar surface area (TPSA) is 29.5 Å². The van der Waals surface area contributed by atoms with Crippen molar-refractivity contribution in [3.05, 3.63) is 12.8 Å². The Labute approximate surface area is 98.5 Å². The van der Waals surface area contributed by atoms with E-state index in [0.717, 1.165) is 25.9 Å². The molecule has 0 aliphatic rings. The molecule has 16 heavy (non-hydrogen) atoms. The molecule has 0 amide bonds. The van der Waals surface area contributed by atoms with Crippen molar-refractivity contribution in [1.29, 1.82) is 0 Å². The van der Waals surface area contributed by atoms with Gasteiger partial charge in [-0.05, 0) is 12.8 Å². The third-order valence-electron chi connectivity index (χ3n) is 2.60. The van der Waals surface area contributed by atoms with Crippen LogP contribution in [-0.2, 0) is 4.74 Å². The molecule has 1 unspecified atom stereocenters. The number of hydrogen-bond donors (Lipinski definition) is 1. The minimum atomic E-state index is -1.02. The van der Waals surface area contributed by atoms with Crippen molar-refractivity contribution < 1.29 is 14.2 Å². The van der Waals surface area contributed by atoms with Gasteiger partial charge >= 0.3 is 0 Å². The number of unbranched alkanes of at least 4 members (excludes halogenated alkanes) is 6. The average molecular weight is 232 g/mol. The van der Waals surface area contributed by atoms with Gasteiger partial charge in [0.15, 0.2) is 0 Å². The van der Waals surface area contributed by atoms with Crippen LogP contribution in [0.25, 0.3) is 0 Å². The zero-order valence-electron chi connectivity index (χ0n) is 10.2. The lowest BCUT2D eigenvalue weighted by Crippen LogP contribution is -2.04. The van der Waals surface area contributed by atoms with Gasteiger partial charge < -0.3 is 9.84 Å². The first-order chi connectivity index (χ1) is 7.81. The Balaban J connectivity index is 2.96. The minimum Gasteiger partial charge on any atom is -0.502 e. The lowest BCUT2D eigenvalue weighted by molar-refractivity contribution is 0.167. The van der Waals surface area contributed by atoms with Crippen molar-refractivity contribution in [2.24, 2.45) is 0 Å². The molecule has 0 aromatic rings. The van der Waals surface area contributed by atoms with Crippen molar-refractivity contribution in [2.75, 3.05) is 13.2 Å². The Morgan fingerprint density at radius 3 is 2.19 bits per heavy atom. The molecule has 0 aromatic heterocycles. The second-order valence-electron chi connectivity index (χ2n) is 4.08. The van der Waals surface area contributed by atoms with E-state index in [2.05, 4.69) is 6.58 Å². The maximum atomic E-state index is 12.6. The Hall–Kier alpha value is -0.570. The maximum absolute atomic E-state index is 12.6. The third kappa shape index (κ3) is 11.5. The summed E-state index contributed by atoms with van der Waals surface area (Å²) in [6, 6.07) is 0. The van der Waals surface area contributed by atoms with Crippen LogP contribution < -0.4 is 0 Å². The first-order valence-corrected chi connectivity index (χ1v) is 6.28. The average Bonchev–Trinajstić information content (AvgIpc) is 2.31. The van der Waals surface area contributed by atoms with Gasteiger partial charge in [0.25, 0.3) is 0 Å². The summed E-state index contributed by atoms with van der Waals surface area (Å²) in [5.41, 5.74) is 0. The second-order valence-corrected chi connectivity index (χ2v) is 4.08. The van der Waals surface area contributed by atoms with Gasteiger partial charge in [0.1, 0.15) is 6.17 Å². The molecule has 0 spiro atoms. The highest BCUT2D eigenvalue weighted by atomic mass is 19.1. The maximum Gasteiger partial charge on any atom is 0.123 e. The van der Waals surface area contributed by atoms with Gasteiger partial charge in [-0.25, -0.2) is 4.39 Å². The van der Waals surface area contributed by atoms with E-state index in [0.29, 0.717) is 6.42 Å². The number of aliphatic hydroxyl groups is 1. The molecule has 0 fully saturated rings. The van der Waals surface area contributed by atoms with Crippen molar-refractivity contribution in [2.45, 2.75) is 57.5 Å². The summed E-state index contributed by atoms with van der Waals surface area (Å²) in [5.74, 6) is 0. The molecule has 1 atom stereocenters. The Morgan fingerprint density at radius 1 is 1.06 bits per heavy atom. The number of rotatable bonds is 12. The van der Waals surface area contributed by atoms with Crippen molar-refractivity contribution >= 4 is 0 Å². The van der Waals surface area contributed by atoms with E-state index in [4.69, 9.17) is 9.84 Å². The summed E-state index contributed by atoms with van der Waals surface area (Å²) in [7, 11) is 0. The van der Waals surface area contributed by atoms with Crippen molar-refractivity contribution in [3.63, 3.8) is 0 Å². The molecular weight excluding hydrogens is 207 g/mol. The van der Waals surface area contributed by atoms with E-state index >= 15 is 0 Å². The highest BCUT2D eigenvalue weighted by Crippen LogP contribution is 2.10. The fraction of sp³-hybridized carbons (Fsp3) is 0.846. The van der Waals surface area contributed by atoms with E-state index in [-0.39, 0.29) is 6.61 Å². The van der Waals surface area contributed by atoms with Crippen LogP contribution in [0.5, 0.6) is 0 Å². The summed E-state index contributed by atoms with van der Waals surface area (Å²) in [6.45, 7) is 3.92. The minimum absolute atomic E-state index is 0.330. The summed E-state index contributed by atoms with van der Waals surface area (Å²) < 4.78 is 17.6. The molecule has 0 aromatic carbocycles. The van der Waals surface area contributed by atoms with Gasteiger partial charge in [-0.1, -0.05) is 45.1 Å². The second kappa shape index (κ2) is 12.5. The van der Waals surface area contributed by atoms with Crippen LogP contribution in [0, 0.1) is 0 Å². The van der Waals surface area contributed by atoms with Crippen LogP contribution in [0.1, 0.15) is 51.4 Å². The zero-order chi connectivity index (χ0) is 12.1. The van der Waals surface area contributed by atoms with Gasteiger partial charge in [-0.3, -0.25) is 0 Å². The van der Waals surface area contributed by atoms with Crippen LogP contribution in [-0.4, -0.2) is 24.5 Å². The first-order valence-electron chi connectivity index (χ1n) is 6.28. The van der Waals surface area contributed by atoms with Crippen LogP contribution in [0.3, 0.4) is 0 Å². The summed E-state index contributed by atoms with van der Waals surface area (Å²) in [6.07, 6.45) is 8.81. The Morgan fingerprint density at radius 2 is 1.62 bits per heavy atom.